The summed E-state index contributed by atoms with van der Waals surface area (Å²) in [4.78, 5) is 25.4. The van der Waals surface area contributed by atoms with Crippen molar-refractivity contribution in [2.75, 3.05) is 17.7 Å². The Hall–Kier alpha value is -3.26. The Labute approximate surface area is 170 Å². The molecule has 0 aliphatic heterocycles. The molecule has 0 saturated heterocycles. The molecule has 0 bridgehead atoms. The van der Waals surface area contributed by atoms with E-state index in [-0.39, 0.29) is 40.0 Å². The summed E-state index contributed by atoms with van der Waals surface area (Å²) in [7, 11) is 0. The molecule has 2 aromatic heterocycles. The summed E-state index contributed by atoms with van der Waals surface area (Å²) in [5.41, 5.74) is 5.70. The normalized spacial score (nSPS) is 13.1. The standard InChI is InChI=1S/C18H18ClN7O3/c1-9(24-16-11(5-20)15(21)22-8-23-16)17-25-13-4-2-3-12(19)14(13)18(29)26(17)6-10(28)7-27/h2-4,8-10,27-28H,6-7H2,1H3,(H3,21,22,23,24)/t9-,10?/m0/s1. The van der Waals surface area contributed by atoms with E-state index in [1.807, 2.05) is 6.07 Å². The predicted octanol–water partition coefficient (Wildman–Crippen LogP) is 0.820. The Morgan fingerprint density at radius 2 is 2.17 bits per heavy atom. The molecule has 150 valence electrons. The van der Waals surface area contributed by atoms with E-state index in [0.29, 0.717) is 5.52 Å². The predicted molar refractivity (Wildman–Crippen MR) is 107 cm³/mol. The highest BCUT2D eigenvalue weighted by Crippen LogP contribution is 2.24. The van der Waals surface area contributed by atoms with Crippen LogP contribution >= 0.6 is 11.6 Å². The molecule has 0 aliphatic rings. The number of nitrogens with zero attached hydrogens (tertiary/aromatic N) is 5. The van der Waals surface area contributed by atoms with E-state index in [1.165, 1.54) is 10.9 Å². The van der Waals surface area contributed by atoms with Crippen LogP contribution < -0.4 is 16.6 Å². The Bertz CT molecular complexity index is 1160. The molecule has 0 saturated carbocycles. The molecular weight excluding hydrogens is 398 g/mol. The van der Waals surface area contributed by atoms with Gasteiger partial charge in [0.2, 0.25) is 0 Å². The number of nitrogens with two attached hydrogens (primary N) is 1. The monoisotopic (exact) mass is 415 g/mol. The van der Waals surface area contributed by atoms with Crippen LogP contribution in [0.3, 0.4) is 0 Å². The molecule has 0 amide bonds. The second-order valence-electron chi connectivity index (χ2n) is 6.32. The third-order valence-electron chi connectivity index (χ3n) is 4.30. The number of fused-ring (bicyclic) bond motifs is 1. The van der Waals surface area contributed by atoms with Crippen LogP contribution in [0.25, 0.3) is 10.9 Å². The number of aliphatic hydroxyl groups is 2. The van der Waals surface area contributed by atoms with Gasteiger partial charge in [-0.05, 0) is 19.1 Å². The second kappa shape index (κ2) is 8.40. The Morgan fingerprint density at radius 1 is 1.41 bits per heavy atom. The molecule has 11 heteroatoms. The molecule has 2 heterocycles. The summed E-state index contributed by atoms with van der Waals surface area (Å²) in [5, 5.41) is 31.9. The lowest BCUT2D eigenvalue weighted by molar-refractivity contribution is 0.0793. The lowest BCUT2D eigenvalue weighted by Gasteiger charge is -2.21. The molecule has 2 atom stereocenters. The van der Waals surface area contributed by atoms with Crippen LogP contribution in [0.2, 0.25) is 5.02 Å². The molecule has 1 unspecified atom stereocenters. The number of hydrogen-bond acceptors (Lipinski definition) is 9. The number of nitrogen functional groups attached to an aromatic ring is 1. The quantitative estimate of drug-likeness (QED) is 0.456. The average molecular weight is 416 g/mol. The summed E-state index contributed by atoms with van der Waals surface area (Å²) < 4.78 is 1.24. The van der Waals surface area contributed by atoms with Crippen molar-refractivity contribution in [3.8, 4) is 6.07 Å². The summed E-state index contributed by atoms with van der Waals surface area (Å²) in [5.74, 6) is 0.462. The van der Waals surface area contributed by atoms with Gasteiger partial charge in [-0.1, -0.05) is 17.7 Å². The van der Waals surface area contributed by atoms with Crippen LogP contribution in [0.5, 0.6) is 0 Å². The number of nitrogens with one attached hydrogen (secondary N) is 1. The molecule has 5 N–H and O–H groups in total. The van der Waals surface area contributed by atoms with Gasteiger partial charge in [-0.3, -0.25) is 9.36 Å². The molecule has 0 spiro atoms. The molecule has 3 rings (SSSR count). The number of hydrogen-bond donors (Lipinski definition) is 4. The minimum atomic E-state index is -1.18. The number of halogens is 1. The third-order valence-corrected chi connectivity index (χ3v) is 4.61. The zero-order valence-corrected chi connectivity index (χ0v) is 16.1. The van der Waals surface area contributed by atoms with Crippen molar-refractivity contribution in [3.63, 3.8) is 0 Å². The van der Waals surface area contributed by atoms with Gasteiger partial charge in [0.05, 0.1) is 41.2 Å². The highest BCUT2D eigenvalue weighted by atomic mass is 35.5. The van der Waals surface area contributed by atoms with Gasteiger partial charge in [0.15, 0.2) is 0 Å². The Balaban J connectivity index is 2.15. The summed E-state index contributed by atoms with van der Waals surface area (Å²) in [6.07, 6.45) is 0.0336. The number of nitriles is 1. The van der Waals surface area contributed by atoms with Gasteiger partial charge in [-0.25, -0.2) is 15.0 Å². The minimum absolute atomic E-state index is 0.0172. The molecule has 10 nitrogen and oxygen atoms in total. The average Bonchev–Trinajstić information content (AvgIpc) is 2.69. The summed E-state index contributed by atoms with van der Waals surface area (Å²) in [6, 6.07) is 6.21. The number of anilines is 2. The van der Waals surface area contributed by atoms with Gasteiger partial charge in [-0.15, -0.1) is 0 Å². The Morgan fingerprint density at radius 3 is 2.86 bits per heavy atom. The third kappa shape index (κ3) is 3.97. The van der Waals surface area contributed by atoms with E-state index >= 15 is 0 Å². The van der Waals surface area contributed by atoms with Crippen LogP contribution in [0.1, 0.15) is 24.4 Å². The number of benzene rings is 1. The molecular formula is C18H18ClN7O3. The van der Waals surface area contributed by atoms with Crippen molar-refractivity contribution in [3.05, 3.63) is 51.3 Å². The van der Waals surface area contributed by atoms with E-state index in [2.05, 4.69) is 20.3 Å². The van der Waals surface area contributed by atoms with E-state index in [4.69, 9.17) is 17.3 Å². The van der Waals surface area contributed by atoms with Crippen molar-refractivity contribution in [1.29, 1.82) is 5.26 Å². The maximum absolute atomic E-state index is 13.1. The minimum Gasteiger partial charge on any atom is -0.394 e. The number of rotatable bonds is 6. The highest BCUT2D eigenvalue weighted by molar-refractivity contribution is 6.35. The van der Waals surface area contributed by atoms with Crippen molar-refractivity contribution in [1.82, 2.24) is 19.5 Å². The van der Waals surface area contributed by atoms with E-state index in [1.54, 1.807) is 25.1 Å². The smallest absolute Gasteiger partial charge is 0.263 e. The maximum Gasteiger partial charge on any atom is 0.263 e. The Kier molecular flexibility index (Phi) is 5.93. The molecule has 1 aromatic carbocycles. The lowest BCUT2D eigenvalue weighted by atomic mass is 10.2. The topological polar surface area (TPSA) is 163 Å². The first kappa shape index (κ1) is 20.5. The zero-order chi connectivity index (χ0) is 21.1. The first-order chi connectivity index (χ1) is 13.9. The van der Waals surface area contributed by atoms with Crippen molar-refractivity contribution in [2.24, 2.45) is 0 Å². The van der Waals surface area contributed by atoms with Crippen LogP contribution in [0, 0.1) is 11.3 Å². The lowest BCUT2D eigenvalue weighted by Crippen LogP contribution is -2.34. The fourth-order valence-corrected chi connectivity index (χ4v) is 3.15. The summed E-state index contributed by atoms with van der Waals surface area (Å²) in [6.45, 7) is 0.983. The zero-order valence-electron chi connectivity index (χ0n) is 15.4. The fourth-order valence-electron chi connectivity index (χ4n) is 2.90. The molecule has 3 aromatic rings. The van der Waals surface area contributed by atoms with Crippen LogP contribution in [0.15, 0.2) is 29.3 Å². The second-order valence-corrected chi connectivity index (χ2v) is 6.72. The number of aliphatic hydroxyl groups excluding tert-OH is 2. The van der Waals surface area contributed by atoms with Crippen molar-refractivity contribution >= 4 is 34.1 Å². The van der Waals surface area contributed by atoms with Crippen molar-refractivity contribution < 1.29 is 10.2 Å². The van der Waals surface area contributed by atoms with Gasteiger partial charge < -0.3 is 21.3 Å². The van der Waals surface area contributed by atoms with Gasteiger partial charge in [0.1, 0.15) is 35.4 Å². The largest absolute Gasteiger partial charge is 0.394 e. The van der Waals surface area contributed by atoms with Crippen molar-refractivity contribution in [2.45, 2.75) is 25.6 Å². The molecule has 0 aliphatic carbocycles. The van der Waals surface area contributed by atoms with Gasteiger partial charge in [-0.2, -0.15) is 5.26 Å². The first-order valence-electron chi connectivity index (χ1n) is 8.62. The van der Waals surface area contributed by atoms with Crippen LogP contribution in [-0.4, -0.2) is 42.4 Å². The van der Waals surface area contributed by atoms with Gasteiger partial charge >= 0.3 is 0 Å². The SMILES string of the molecule is C[C@H](Nc1ncnc(N)c1C#N)c1nc2cccc(Cl)c2c(=O)n1CC(O)CO. The van der Waals surface area contributed by atoms with E-state index in [0.717, 1.165) is 0 Å². The molecule has 0 radical (unpaired) electrons. The maximum atomic E-state index is 13.1. The van der Waals surface area contributed by atoms with Crippen LogP contribution in [-0.2, 0) is 6.54 Å². The summed E-state index contributed by atoms with van der Waals surface area (Å²) >= 11 is 6.18. The molecule has 0 fully saturated rings. The van der Waals surface area contributed by atoms with E-state index in [9.17, 15) is 20.3 Å². The number of aromatic nitrogens is 4. The molecule has 29 heavy (non-hydrogen) atoms. The van der Waals surface area contributed by atoms with E-state index < -0.39 is 24.3 Å². The van der Waals surface area contributed by atoms with Gasteiger partial charge in [0.25, 0.3) is 5.56 Å². The van der Waals surface area contributed by atoms with Crippen LogP contribution in [0.4, 0.5) is 11.6 Å². The van der Waals surface area contributed by atoms with Gasteiger partial charge in [0, 0.05) is 0 Å². The first-order valence-corrected chi connectivity index (χ1v) is 9.00. The fraction of sp³-hybridized carbons (Fsp3) is 0.278. The highest BCUT2D eigenvalue weighted by Gasteiger charge is 2.21.